The van der Waals surface area contributed by atoms with Gasteiger partial charge in [-0.3, -0.25) is 0 Å². The Bertz CT molecular complexity index is 387. The Morgan fingerprint density at radius 2 is 2.12 bits per heavy atom. The molecule has 1 heterocycles. The van der Waals surface area contributed by atoms with Gasteiger partial charge in [-0.25, -0.2) is 0 Å². The van der Waals surface area contributed by atoms with Crippen LogP contribution in [0.1, 0.15) is 49.5 Å². The Morgan fingerprint density at radius 3 is 2.81 bits per heavy atom. The number of aryl methyl sites for hydroxylation is 1. The van der Waals surface area contributed by atoms with Crippen molar-refractivity contribution in [3.63, 3.8) is 0 Å². The van der Waals surface area contributed by atoms with Crippen molar-refractivity contribution < 1.29 is 5.11 Å². The summed E-state index contributed by atoms with van der Waals surface area (Å²) in [5.74, 6) is 0. The van der Waals surface area contributed by atoms with Crippen LogP contribution < -0.4 is 0 Å². The zero-order chi connectivity index (χ0) is 11.6. The highest BCUT2D eigenvalue weighted by Crippen LogP contribution is 2.38. The molecule has 2 heteroatoms. The molecule has 1 aliphatic carbocycles. The molecule has 2 rings (SSSR count). The minimum absolute atomic E-state index is 0.747. The number of hydrogen-bond donors (Lipinski definition) is 1. The Kier molecular flexibility index (Phi) is 3.50. The summed E-state index contributed by atoms with van der Waals surface area (Å²) in [6.07, 6.45) is 8.20. The first-order valence-electron chi connectivity index (χ1n) is 6.09. The van der Waals surface area contributed by atoms with E-state index in [1.165, 1.54) is 30.4 Å². The minimum Gasteiger partial charge on any atom is -0.380 e. The fourth-order valence-electron chi connectivity index (χ4n) is 2.47. The normalized spacial score (nSPS) is 21.1. The number of rotatable bonds is 2. The molecule has 0 bridgehead atoms. The van der Waals surface area contributed by atoms with Gasteiger partial charge in [0.15, 0.2) is 0 Å². The van der Waals surface area contributed by atoms with Gasteiger partial charge in [0.25, 0.3) is 0 Å². The third-order valence-electron chi connectivity index (χ3n) is 3.47. The molecular weight excluding hydrogens is 216 g/mol. The van der Waals surface area contributed by atoms with Crippen LogP contribution in [0.3, 0.4) is 0 Å². The highest BCUT2D eigenvalue weighted by molar-refractivity contribution is 7.10. The van der Waals surface area contributed by atoms with Crippen molar-refractivity contribution in [2.45, 2.75) is 51.6 Å². The average molecular weight is 236 g/mol. The fourth-order valence-corrected chi connectivity index (χ4v) is 3.50. The summed E-state index contributed by atoms with van der Waals surface area (Å²) < 4.78 is 0. The Balaban J connectivity index is 2.30. The lowest BCUT2D eigenvalue weighted by molar-refractivity contribution is 0.0965. The molecule has 1 nitrogen and oxygen atoms in total. The molecule has 0 amide bonds. The van der Waals surface area contributed by atoms with Crippen LogP contribution in [0.2, 0.25) is 0 Å². The first-order chi connectivity index (χ1) is 7.62. The van der Waals surface area contributed by atoms with E-state index in [0.29, 0.717) is 0 Å². The van der Waals surface area contributed by atoms with E-state index in [-0.39, 0.29) is 0 Å². The number of hydrogen-bond acceptors (Lipinski definition) is 2. The fraction of sp³-hybridized carbons (Fsp3) is 0.571. The van der Waals surface area contributed by atoms with Gasteiger partial charge >= 0.3 is 0 Å². The molecule has 1 aromatic heterocycles. The second-order valence-corrected chi connectivity index (χ2v) is 5.75. The van der Waals surface area contributed by atoms with Crippen molar-refractivity contribution in [2.75, 3.05) is 0 Å². The maximum Gasteiger partial charge on any atom is 0.117 e. The van der Waals surface area contributed by atoms with E-state index in [0.717, 1.165) is 17.7 Å². The predicted molar refractivity (Wildman–Crippen MR) is 69.8 cm³/mol. The summed E-state index contributed by atoms with van der Waals surface area (Å²) in [6, 6.07) is 2.09. The highest BCUT2D eigenvalue weighted by Gasteiger charge is 2.30. The van der Waals surface area contributed by atoms with Gasteiger partial charge in [-0.1, -0.05) is 12.5 Å². The highest BCUT2D eigenvalue weighted by atomic mass is 32.1. The van der Waals surface area contributed by atoms with E-state index in [1.807, 2.05) is 6.92 Å². The Labute approximate surface area is 102 Å². The van der Waals surface area contributed by atoms with Crippen LogP contribution in [0.15, 0.2) is 23.1 Å². The van der Waals surface area contributed by atoms with Gasteiger partial charge in [0.2, 0.25) is 0 Å². The Morgan fingerprint density at radius 1 is 1.31 bits per heavy atom. The van der Waals surface area contributed by atoms with Crippen molar-refractivity contribution >= 4 is 11.3 Å². The molecular formula is C14H20OS. The first kappa shape index (κ1) is 11.9. The van der Waals surface area contributed by atoms with Crippen LogP contribution in [0.25, 0.3) is 0 Å². The summed E-state index contributed by atoms with van der Waals surface area (Å²) in [5.41, 5.74) is 1.68. The molecule has 1 aliphatic rings. The molecule has 0 fully saturated rings. The SMILES string of the molecule is Cc1ccsc1C(C)(O)C1=CCCCCC1. The third-order valence-corrected chi connectivity index (χ3v) is 4.70. The monoisotopic (exact) mass is 236 g/mol. The van der Waals surface area contributed by atoms with Crippen LogP contribution in [0.5, 0.6) is 0 Å². The van der Waals surface area contributed by atoms with Gasteiger partial charge in [-0.2, -0.15) is 0 Å². The zero-order valence-electron chi connectivity index (χ0n) is 10.1. The topological polar surface area (TPSA) is 20.2 Å². The van der Waals surface area contributed by atoms with E-state index in [9.17, 15) is 5.11 Å². The van der Waals surface area contributed by atoms with Crippen LogP contribution in [0, 0.1) is 6.92 Å². The molecule has 1 unspecified atom stereocenters. The lowest BCUT2D eigenvalue weighted by Crippen LogP contribution is -2.23. The van der Waals surface area contributed by atoms with E-state index in [1.54, 1.807) is 11.3 Å². The summed E-state index contributed by atoms with van der Waals surface area (Å²) >= 11 is 1.67. The van der Waals surface area contributed by atoms with Gasteiger partial charge in [-0.15, -0.1) is 11.3 Å². The number of thiophene rings is 1. The van der Waals surface area contributed by atoms with Crippen molar-refractivity contribution in [2.24, 2.45) is 0 Å². The van der Waals surface area contributed by atoms with Crippen LogP contribution >= 0.6 is 11.3 Å². The minimum atomic E-state index is -0.747. The third kappa shape index (κ3) is 2.23. The quantitative estimate of drug-likeness (QED) is 0.765. The molecule has 0 spiro atoms. The van der Waals surface area contributed by atoms with Crippen molar-refractivity contribution in [1.82, 2.24) is 0 Å². The molecule has 16 heavy (non-hydrogen) atoms. The number of allylic oxidation sites excluding steroid dienone is 1. The molecule has 0 aromatic carbocycles. The molecule has 0 aliphatic heterocycles. The summed E-state index contributed by atoms with van der Waals surface area (Å²) in [6.45, 7) is 4.03. The van der Waals surface area contributed by atoms with Gasteiger partial charge in [0.05, 0.1) is 0 Å². The average Bonchev–Trinajstić information content (AvgIpc) is 2.55. The molecule has 0 saturated carbocycles. The molecule has 88 valence electrons. The largest absolute Gasteiger partial charge is 0.380 e. The molecule has 0 radical (unpaired) electrons. The molecule has 0 saturated heterocycles. The van der Waals surface area contributed by atoms with E-state index < -0.39 is 5.60 Å². The van der Waals surface area contributed by atoms with Crippen molar-refractivity contribution in [3.8, 4) is 0 Å². The standard InChI is InChI=1S/C14H20OS/c1-11-9-10-16-13(11)14(2,15)12-7-5-3-4-6-8-12/h7,9-10,15H,3-6,8H2,1-2H3. The van der Waals surface area contributed by atoms with Gasteiger partial charge in [0, 0.05) is 4.88 Å². The van der Waals surface area contributed by atoms with Crippen molar-refractivity contribution in [1.29, 1.82) is 0 Å². The van der Waals surface area contributed by atoms with Crippen LogP contribution in [-0.2, 0) is 5.60 Å². The van der Waals surface area contributed by atoms with Crippen LogP contribution in [-0.4, -0.2) is 5.11 Å². The molecule has 1 atom stereocenters. The van der Waals surface area contributed by atoms with Gasteiger partial charge < -0.3 is 5.11 Å². The first-order valence-corrected chi connectivity index (χ1v) is 6.97. The summed E-state index contributed by atoms with van der Waals surface area (Å²) in [7, 11) is 0. The predicted octanol–water partition coefficient (Wildman–Crippen LogP) is 4.15. The second-order valence-electron chi connectivity index (χ2n) is 4.83. The maximum atomic E-state index is 10.7. The van der Waals surface area contributed by atoms with Gasteiger partial charge in [0.1, 0.15) is 5.60 Å². The van der Waals surface area contributed by atoms with Gasteiger partial charge in [-0.05, 0) is 62.1 Å². The van der Waals surface area contributed by atoms with E-state index in [2.05, 4.69) is 24.4 Å². The maximum absolute atomic E-state index is 10.7. The lowest BCUT2D eigenvalue weighted by atomic mass is 9.89. The van der Waals surface area contributed by atoms with E-state index >= 15 is 0 Å². The smallest absolute Gasteiger partial charge is 0.117 e. The summed E-state index contributed by atoms with van der Waals surface area (Å²) in [5, 5.41) is 12.8. The van der Waals surface area contributed by atoms with Crippen LogP contribution in [0.4, 0.5) is 0 Å². The lowest BCUT2D eigenvalue weighted by Gasteiger charge is -2.26. The van der Waals surface area contributed by atoms with Crippen molar-refractivity contribution in [3.05, 3.63) is 33.5 Å². The number of aliphatic hydroxyl groups is 1. The second kappa shape index (κ2) is 4.72. The molecule has 1 N–H and O–H groups in total. The zero-order valence-corrected chi connectivity index (χ0v) is 10.9. The summed E-state index contributed by atoms with van der Waals surface area (Å²) in [4.78, 5) is 1.11. The molecule has 1 aromatic rings. The van der Waals surface area contributed by atoms with E-state index in [4.69, 9.17) is 0 Å². The Hall–Kier alpha value is -0.600.